The molecule has 0 N–H and O–H groups in total. The van der Waals surface area contributed by atoms with Gasteiger partial charge in [-0.1, -0.05) is 36.4 Å². The van der Waals surface area contributed by atoms with Gasteiger partial charge in [-0.2, -0.15) is 0 Å². The fraction of sp³-hybridized carbons (Fsp3) is 0.211. The van der Waals surface area contributed by atoms with Crippen molar-refractivity contribution in [3.8, 4) is 11.5 Å². The fourth-order valence-corrected chi connectivity index (χ4v) is 2.95. The first-order valence-electron chi connectivity index (χ1n) is 8.29. The molecule has 1 fully saturated rings. The molecular weight excluding hydrogens is 316 g/mol. The summed E-state index contributed by atoms with van der Waals surface area (Å²) in [6, 6.07) is 19.7. The zero-order valence-electron chi connectivity index (χ0n) is 13.7. The molecule has 1 aliphatic rings. The monoisotopic (exact) mass is 334 g/mol. The minimum Gasteiger partial charge on any atom is -0.412 e. The summed E-state index contributed by atoms with van der Waals surface area (Å²) in [4.78, 5) is 16.6. The van der Waals surface area contributed by atoms with Crippen LogP contribution in [-0.4, -0.2) is 47.2 Å². The predicted octanol–water partition coefficient (Wildman–Crippen LogP) is 2.70. The van der Waals surface area contributed by atoms with Crippen molar-refractivity contribution in [3.05, 3.63) is 66.6 Å². The fourth-order valence-electron chi connectivity index (χ4n) is 2.95. The number of hydrogen-bond acceptors (Lipinski definition) is 5. The van der Waals surface area contributed by atoms with Gasteiger partial charge in [-0.15, -0.1) is 10.2 Å². The third-order valence-electron chi connectivity index (χ3n) is 4.32. The van der Waals surface area contributed by atoms with Crippen LogP contribution in [0.2, 0.25) is 0 Å². The number of piperazine rings is 1. The number of carbonyl (C=O) groups excluding carboxylic acids is 1. The van der Waals surface area contributed by atoms with Crippen molar-refractivity contribution in [2.75, 3.05) is 31.1 Å². The molecule has 1 saturated heterocycles. The number of rotatable bonds is 3. The lowest BCUT2D eigenvalue weighted by atomic mass is 10.2. The summed E-state index contributed by atoms with van der Waals surface area (Å²) in [6.45, 7) is 2.85. The van der Waals surface area contributed by atoms with Gasteiger partial charge in [-0.05, 0) is 24.3 Å². The molecule has 0 unspecified atom stereocenters. The standard InChI is InChI=1S/C19H18N4O2/c24-19(18-21-20-17(25-18)15-7-3-1-4-8-15)23-13-11-22(12-14-23)16-9-5-2-6-10-16/h1-10H,11-14H2. The Morgan fingerprint density at radius 1 is 0.840 bits per heavy atom. The van der Waals surface area contributed by atoms with Gasteiger partial charge in [0.2, 0.25) is 5.89 Å². The lowest BCUT2D eigenvalue weighted by molar-refractivity contribution is 0.0707. The second-order valence-electron chi connectivity index (χ2n) is 5.89. The van der Waals surface area contributed by atoms with Gasteiger partial charge < -0.3 is 14.2 Å². The SMILES string of the molecule is O=C(c1nnc(-c2ccccc2)o1)N1CCN(c2ccccc2)CC1. The topological polar surface area (TPSA) is 62.5 Å². The predicted molar refractivity (Wildman–Crippen MR) is 94.3 cm³/mol. The summed E-state index contributed by atoms with van der Waals surface area (Å²) in [7, 11) is 0. The van der Waals surface area contributed by atoms with E-state index in [0.717, 1.165) is 18.7 Å². The Balaban J connectivity index is 1.42. The van der Waals surface area contributed by atoms with Crippen molar-refractivity contribution in [2.24, 2.45) is 0 Å². The highest BCUT2D eigenvalue weighted by Crippen LogP contribution is 2.19. The Kier molecular flexibility index (Phi) is 4.16. The summed E-state index contributed by atoms with van der Waals surface area (Å²) in [5, 5.41) is 7.91. The summed E-state index contributed by atoms with van der Waals surface area (Å²) in [6.07, 6.45) is 0. The maximum Gasteiger partial charge on any atom is 0.311 e. The minimum atomic E-state index is -0.206. The zero-order valence-corrected chi connectivity index (χ0v) is 13.7. The number of carbonyl (C=O) groups is 1. The van der Waals surface area contributed by atoms with Gasteiger partial charge in [0.25, 0.3) is 0 Å². The van der Waals surface area contributed by atoms with E-state index in [-0.39, 0.29) is 11.8 Å². The maximum absolute atomic E-state index is 12.6. The molecule has 0 aliphatic carbocycles. The molecule has 126 valence electrons. The Labute approximate surface area is 145 Å². The number of hydrogen-bond donors (Lipinski definition) is 0. The molecule has 2 aromatic carbocycles. The van der Waals surface area contributed by atoms with Crippen molar-refractivity contribution < 1.29 is 9.21 Å². The Morgan fingerprint density at radius 2 is 1.48 bits per heavy atom. The molecule has 4 rings (SSSR count). The van der Waals surface area contributed by atoms with E-state index in [4.69, 9.17) is 4.42 Å². The number of benzene rings is 2. The quantitative estimate of drug-likeness (QED) is 0.737. The average molecular weight is 334 g/mol. The van der Waals surface area contributed by atoms with Gasteiger partial charge in [0.05, 0.1) is 0 Å². The van der Waals surface area contributed by atoms with Crippen molar-refractivity contribution in [2.45, 2.75) is 0 Å². The number of para-hydroxylation sites is 1. The highest BCUT2D eigenvalue weighted by atomic mass is 16.4. The number of nitrogens with zero attached hydrogens (tertiary/aromatic N) is 4. The molecule has 0 atom stereocenters. The molecular formula is C19H18N4O2. The molecule has 25 heavy (non-hydrogen) atoms. The van der Waals surface area contributed by atoms with Crippen LogP contribution in [0.4, 0.5) is 5.69 Å². The van der Waals surface area contributed by atoms with Gasteiger partial charge in [0, 0.05) is 37.4 Å². The van der Waals surface area contributed by atoms with E-state index in [1.807, 2.05) is 48.5 Å². The van der Waals surface area contributed by atoms with Gasteiger partial charge in [-0.25, -0.2) is 0 Å². The average Bonchev–Trinajstić information content (AvgIpc) is 3.19. The summed E-state index contributed by atoms with van der Waals surface area (Å²) >= 11 is 0. The van der Waals surface area contributed by atoms with Gasteiger partial charge in [0.1, 0.15) is 0 Å². The highest BCUT2D eigenvalue weighted by Gasteiger charge is 2.26. The summed E-state index contributed by atoms with van der Waals surface area (Å²) in [5.74, 6) is 0.210. The number of anilines is 1. The molecule has 6 nitrogen and oxygen atoms in total. The first kappa shape index (κ1) is 15.4. The smallest absolute Gasteiger partial charge is 0.311 e. The molecule has 0 spiro atoms. The van der Waals surface area contributed by atoms with Crippen molar-refractivity contribution in [3.63, 3.8) is 0 Å². The molecule has 0 bridgehead atoms. The summed E-state index contributed by atoms with van der Waals surface area (Å²) in [5.41, 5.74) is 1.99. The van der Waals surface area contributed by atoms with E-state index < -0.39 is 0 Å². The van der Waals surface area contributed by atoms with Crippen LogP contribution >= 0.6 is 0 Å². The van der Waals surface area contributed by atoms with Crippen molar-refractivity contribution in [1.82, 2.24) is 15.1 Å². The second kappa shape index (κ2) is 6.76. The summed E-state index contributed by atoms with van der Waals surface area (Å²) < 4.78 is 5.57. The first-order valence-corrected chi connectivity index (χ1v) is 8.29. The van der Waals surface area contributed by atoms with E-state index in [0.29, 0.717) is 19.0 Å². The lowest BCUT2D eigenvalue weighted by Crippen LogP contribution is -2.48. The van der Waals surface area contributed by atoms with Crippen LogP contribution < -0.4 is 4.90 Å². The van der Waals surface area contributed by atoms with Gasteiger partial charge >= 0.3 is 11.8 Å². The maximum atomic E-state index is 12.6. The van der Waals surface area contributed by atoms with E-state index in [9.17, 15) is 4.79 Å². The minimum absolute atomic E-state index is 0.0482. The van der Waals surface area contributed by atoms with Gasteiger partial charge in [0.15, 0.2) is 0 Å². The molecule has 0 radical (unpaired) electrons. The van der Waals surface area contributed by atoms with Crippen LogP contribution in [-0.2, 0) is 0 Å². The highest BCUT2D eigenvalue weighted by molar-refractivity contribution is 5.90. The Morgan fingerprint density at radius 3 is 2.16 bits per heavy atom. The van der Waals surface area contributed by atoms with Crippen LogP contribution in [0.5, 0.6) is 0 Å². The van der Waals surface area contributed by atoms with E-state index in [1.54, 1.807) is 4.90 Å². The lowest BCUT2D eigenvalue weighted by Gasteiger charge is -2.35. The number of amides is 1. The first-order chi connectivity index (χ1) is 12.3. The third-order valence-corrected chi connectivity index (χ3v) is 4.32. The van der Waals surface area contributed by atoms with Crippen LogP contribution in [0, 0.1) is 0 Å². The second-order valence-corrected chi connectivity index (χ2v) is 5.89. The van der Waals surface area contributed by atoms with E-state index >= 15 is 0 Å². The van der Waals surface area contributed by atoms with Gasteiger partial charge in [-0.3, -0.25) is 4.79 Å². The third kappa shape index (κ3) is 3.24. The van der Waals surface area contributed by atoms with Crippen LogP contribution in [0.3, 0.4) is 0 Å². The van der Waals surface area contributed by atoms with Crippen LogP contribution in [0.1, 0.15) is 10.7 Å². The van der Waals surface area contributed by atoms with Crippen LogP contribution in [0.25, 0.3) is 11.5 Å². The molecule has 2 heterocycles. The largest absolute Gasteiger partial charge is 0.412 e. The molecule has 3 aromatic rings. The molecule has 0 saturated carbocycles. The normalized spacial score (nSPS) is 14.6. The van der Waals surface area contributed by atoms with Crippen LogP contribution in [0.15, 0.2) is 65.1 Å². The molecule has 1 amide bonds. The Hall–Kier alpha value is -3.15. The van der Waals surface area contributed by atoms with Crippen molar-refractivity contribution >= 4 is 11.6 Å². The Bertz CT molecular complexity index is 840. The molecule has 1 aromatic heterocycles. The van der Waals surface area contributed by atoms with Crippen molar-refractivity contribution in [1.29, 1.82) is 0 Å². The van der Waals surface area contributed by atoms with E-state index in [2.05, 4.69) is 27.2 Å². The van der Waals surface area contributed by atoms with E-state index in [1.165, 1.54) is 5.69 Å². The molecule has 1 aliphatic heterocycles. The number of aromatic nitrogens is 2. The zero-order chi connectivity index (χ0) is 17.1. The molecule has 6 heteroatoms.